The molecule has 0 atom stereocenters. The van der Waals surface area contributed by atoms with Gasteiger partial charge in [-0.05, 0) is 20.1 Å². The maximum Gasteiger partial charge on any atom is 0.187 e. The molecular formula is C8H16N2OS. The van der Waals surface area contributed by atoms with Crippen LogP contribution in [0, 0.1) is 0 Å². The Balaban J connectivity index is 4.22. The summed E-state index contributed by atoms with van der Waals surface area (Å²) in [6.45, 7) is 8.14. The van der Waals surface area contributed by atoms with Gasteiger partial charge in [0.05, 0.1) is 6.61 Å². The van der Waals surface area contributed by atoms with Crippen LogP contribution in [0.15, 0.2) is 17.3 Å². The van der Waals surface area contributed by atoms with Crippen LogP contribution >= 0.6 is 11.8 Å². The fourth-order valence-corrected chi connectivity index (χ4v) is 1.21. The molecule has 0 heterocycles. The van der Waals surface area contributed by atoms with Crippen molar-refractivity contribution in [2.75, 3.05) is 19.9 Å². The van der Waals surface area contributed by atoms with E-state index in [1.165, 1.54) is 11.8 Å². The highest BCUT2D eigenvalue weighted by molar-refractivity contribution is 8.13. The second kappa shape index (κ2) is 6.08. The summed E-state index contributed by atoms with van der Waals surface area (Å²) in [6, 6.07) is 0. The standard InChI is InChI=1S/C8H16N2OS/c1-6-11-10(4)8(12-5)9-7(2)3/h2,6H2,1,3-5H3. The first kappa shape index (κ1) is 11.5. The van der Waals surface area contributed by atoms with Crippen molar-refractivity contribution in [3.8, 4) is 0 Å². The lowest BCUT2D eigenvalue weighted by Gasteiger charge is -2.17. The van der Waals surface area contributed by atoms with E-state index in [0.717, 1.165) is 10.9 Å². The molecule has 0 saturated heterocycles. The monoisotopic (exact) mass is 188 g/mol. The van der Waals surface area contributed by atoms with Crippen LogP contribution in [0.3, 0.4) is 0 Å². The largest absolute Gasteiger partial charge is 0.272 e. The zero-order chi connectivity index (χ0) is 9.56. The van der Waals surface area contributed by atoms with Crippen molar-refractivity contribution in [1.29, 1.82) is 0 Å². The second-order valence-corrected chi connectivity index (χ2v) is 3.02. The summed E-state index contributed by atoms with van der Waals surface area (Å²) in [5, 5.41) is 2.48. The molecule has 0 spiro atoms. The highest BCUT2D eigenvalue weighted by atomic mass is 32.2. The van der Waals surface area contributed by atoms with Crippen LogP contribution in [0.1, 0.15) is 13.8 Å². The van der Waals surface area contributed by atoms with Gasteiger partial charge in [-0.1, -0.05) is 18.3 Å². The number of hydroxylamine groups is 2. The SMILES string of the molecule is C=C(C)N=C(SC)N(C)OCC. The topological polar surface area (TPSA) is 24.8 Å². The Morgan fingerprint density at radius 1 is 1.67 bits per heavy atom. The molecule has 0 aromatic rings. The molecule has 3 nitrogen and oxygen atoms in total. The average molecular weight is 188 g/mol. The first-order valence-electron chi connectivity index (χ1n) is 3.76. The molecule has 0 aliphatic rings. The summed E-state index contributed by atoms with van der Waals surface area (Å²) in [7, 11) is 1.84. The van der Waals surface area contributed by atoms with Crippen molar-refractivity contribution in [2.45, 2.75) is 13.8 Å². The Morgan fingerprint density at radius 3 is 2.58 bits per heavy atom. The van der Waals surface area contributed by atoms with E-state index in [4.69, 9.17) is 4.84 Å². The van der Waals surface area contributed by atoms with Crippen LogP contribution in [0.2, 0.25) is 0 Å². The van der Waals surface area contributed by atoms with E-state index in [2.05, 4.69) is 11.6 Å². The highest BCUT2D eigenvalue weighted by Crippen LogP contribution is 2.06. The van der Waals surface area contributed by atoms with Gasteiger partial charge in [-0.2, -0.15) is 0 Å². The van der Waals surface area contributed by atoms with Gasteiger partial charge >= 0.3 is 0 Å². The lowest BCUT2D eigenvalue weighted by molar-refractivity contribution is -0.0696. The maximum absolute atomic E-state index is 5.24. The minimum absolute atomic E-state index is 0.645. The molecule has 0 aromatic heterocycles. The van der Waals surface area contributed by atoms with Crippen molar-refractivity contribution in [1.82, 2.24) is 5.06 Å². The number of nitrogens with zero attached hydrogens (tertiary/aromatic N) is 2. The molecule has 0 aliphatic carbocycles. The van der Waals surface area contributed by atoms with Gasteiger partial charge in [0.1, 0.15) is 0 Å². The minimum atomic E-state index is 0.645. The summed E-state index contributed by atoms with van der Waals surface area (Å²) >= 11 is 1.54. The van der Waals surface area contributed by atoms with Gasteiger partial charge in [-0.15, -0.1) is 0 Å². The third-order valence-corrected chi connectivity index (χ3v) is 1.77. The van der Waals surface area contributed by atoms with Crippen LogP contribution in [0.25, 0.3) is 0 Å². The van der Waals surface area contributed by atoms with Gasteiger partial charge in [0.25, 0.3) is 0 Å². The van der Waals surface area contributed by atoms with Crippen molar-refractivity contribution in [2.24, 2.45) is 4.99 Å². The minimum Gasteiger partial charge on any atom is -0.272 e. The summed E-state index contributed by atoms with van der Waals surface area (Å²) in [5.74, 6) is 0. The van der Waals surface area contributed by atoms with Gasteiger partial charge in [0, 0.05) is 12.7 Å². The fourth-order valence-electron chi connectivity index (χ4n) is 0.657. The maximum atomic E-state index is 5.24. The quantitative estimate of drug-likeness (QED) is 0.385. The van der Waals surface area contributed by atoms with Crippen LogP contribution in [-0.2, 0) is 4.84 Å². The summed E-state index contributed by atoms with van der Waals surface area (Å²) in [6.07, 6.45) is 1.96. The van der Waals surface area contributed by atoms with Crippen LogP contribution < -0.4 is 0 Å². The molecule has 0 bridgehead atoms. The molecule has 12 heavy (non-hydrogen) atoms. The molecule has 0 N–H and O–H groups in total. The van der Waals surface area contributed by atoms with Crippen LogP contribution in [0.5, 0.6) is 0 Å². The van der Waals surface area contributed by atoms with Crippen molar-refractivity contribution < 1.29 is 4.84 Å². The zero-order valence-corrected chi connectivity index (χ0v) is 8.94. The number of allylic oxidation sites excluding steroid dienone is 1. The molecule has 70 valence electrons. The normalized spacial score (nSPS) is 11.5. The lowest BCUT2D eigenvalue weighted by Crippen LogP contribution is -2.24. The molecule has 0 fully saturated rings. The molecule has 4 heteroatoms. The van der Waals surface area contributed by atoms with Crippen LogP contribution in [-0.4, -0.2) is 30.1 Å². The summed E-state index contributed by atoms with van der Waals surface area (Å²) in [4.78, 5) is 9.44. The molecule has 0 amide bonds. The molecular weight excluding hydrogens is 172 g/mol. The van der Waals surface area contributed by atoms with Crippen LogP contribution in [0.4, 0.5) is 0 Å². The van der Waals surface area contributed by atoms with E-state index >= 15 is 0 Å². The number of amidine groups is 1. The molecule has 0 rings (SSSR count). The van der Waals surface area contributed by atoms with Gasteiger partial charge in [0.15, 0.2) is 5.17 Å². The Hall–Kier alpha value is -0.480. The summed E-state index contributed by atoms with van der Waals surface area (Å²) < 4.78 is 0. The van der Waals surface area contributed by atoms with E-state index in [0.29, 0.717) is 6.61 Å². The highest BCUT2D eigenvalue weighted by Gasteiger charge is 2.03. The van der Waals surface area contributed by atoms with E-state index < -0.39 is 0 Å². The number of hydrogen-bond acceptors (Lipinski definition) is 3. The Bertz CT molecular complexity index is 180. The van der Waals surface area contributed by atoms with Crippen molar-refractivity contribution in [3.05, 3.63) is 12.3 Å². The number of rotatable bonds is 3. The molecule has 0 aromatic carbocycles. The van der Waals surface area contributed by atoms with Crippen molar-refractivity contribution in [3.63, 3.8) is 0 Å². The average Bonchev–Trinajstić information content (AvgIpc) is 2.00. The Morgan fingerprint density at radius 2 is 2.25 bits per heavy atom. The predicted octanol–water partition coefficient (Wildman–Crippen LogP) is 2.12. The number of thioether (sulfide) groups is 1. The van der Waals surface area contributed by atoms with Gasteiger partial charge in [-0.3, -0.25) is 4.84 Å². The first-order chi connectivity index (χ1) is 5.61. The van der Waals surface area contributed by atoms with Gasteiger partial charge < -0.3 is 0 Å². The fraction of sp³-hybridized carbons (Fsp3) is 0.625. The first-order valence-corrected chi connectivity index (χ1v) is 4.99. The van der Waals surface area contributed by atoms with E-state index in [9.17, 15) is 0 Å². The van der Waals surface area contributed by atoms with Crippen molar-refractivity contribution >= 4 is 16.9 Å². The van der Waals surface area contributed by atoms with E-state index in [1.807, 2.05) is 27.2 Å². The molecule has 0 saturated carbocycles. The third kappa shape index (κ3) is 4.41. The smallest absolute Gasteiger partial charge is 0.187 e. The Labute approximate surface area is 78.5 Å². The van der Waals surface area contributed by atoms with E-state index in [-0.39, 0.29) is 0 Å². The lowest BCUT2D eigenvalue weighted by atomic mass is 10.6. The van der Waals surface area contributed by atoms with Gasteiger partial charge in [-0.25, -0.2) is 10.1 Å². The van der Waals surface area contributed by atoms with E-state index in [1.54, 1.807) is 5.06 Å². The Kier molecular flexibility index (Phi) is 5.84. The zero-order valence-electron chi connectivity index (χ0n) is 8.13. The molecule has 0 radical (unpaired) electrons. The third-order valence-electron chi connectivity index (χ3n) is 1.06. The molecule has 0 aliphatic heterocycles. The van der Waals surface area contributed by atoms with Gasteiger partial charge in [0.2, 0.25) is 0 Å². The number of aliphatic imine (C=N–C) groups is 1. The second-order valence-electron chi connectivity index (χ2n) is 2.25. The predicted molar refractivity (Wildman–Crippen MR) is 55.2 cm³/mol. The summed E-state index contributed by atoms with van der Waals surface area (Å²) in [5.41, 5.74) is 0.783. The molecule has 0 unspecified atom stereocenters. The number of hydrogen-bond donors (Lipinski definition) is 0.